The van der Waals surface area contributed by atoms with Gasteiger partial charge in [-0.3, -0.25) is 0 Å². The Morgan fingerprint density at radius 3 is 2.63 bits per heavy atom. The highest BCUT2D eigenvalue weighted by Crippen LogP contribution is 2.38. The van der Waals surface area contributed by atoms with Gasteiger partial charge in [-0.2, -0.15) is 0 Å². The van der Waals surface area contributed by atoms with E-state index in [1.54, 1.807) is 42.6 Å². The van der Waals surface area contributed by atoms with Crippen molar-refractivity contribution in [2.24, 2.45) is 0 Å². The van der Waals surface area contributed by atoms with Crippen LogP contribution < -0.4 is 10.1 Å². The highest BCUT2D eigenvalue weighted by atomic mass is 16.5. The number of imidazole rings is 1. The van der Waals surface area contributed by atoms with Crippen molar-refractivity contribution >= 4 is 17.7 Å². The number of carbonyl (C=O) groups excluding carboxylic acids is 2. The first kappa shape index (κ1) is 19.5. The smallest absolute Gasteiger partial charge is 0.337 e. The third kappa shape index (κ3) is 3.59. The predicted molar refractivity (Wildman–Crippen MR) is 111 cm³/mol. The SMILES string of the molecule is COC(=O)c1ccc(NC(=O)N2CCc3[nH]cnc3[C@H]2c2ccccc2OC)cc1. The second kappa shape index (κ2) is 8.28. The van der Waals surface area contributed by atoms with Gasteiger partial charge in [-0.15, -0.1) is 0 Å². The van der Waals surface area contributed by atoms with Gasteiger partial charge in [-0.25, -0.2) is 14.6 Å². The van der Waals surface area contributed by atoms with Gasteiger partial charge in [0.1, 0.15) is 11.8 Å². The Hall–Kier alpha value is -3.81. The highest BCUT2D eigenvalue weighted by molar-refractivity contribution is 5.92. The summed E-state index contributed by atoms with van der Waals surface area (Å²) in [6.07, 6.45) is 2.33. The molecule has 0 aliphatic carbocycles. The number of H-pyrrole nitrogens is 1. The van der Waals surface area contributed by atoms with Crippen LogP contribution in [-0.2, 0) is 11.2 Å². The number of rotatable bonds is 4. The minimum atomic E-state index is -0.425. The lowest BCUT2D eigenvalue weighted by Gasteiger charge is -2.35. The van der Waals surface area contributed by atoms with Gasteiger partial charge >= 0.3 is 12.0 Å². The molecule has 30 heavy (non-hydrogen) atoms. The first-order chi connectivity index (χ1) is 14.6. The van der Waals surface area contributed by atoms with Gasteiger partial charge in [0.15, 0.2) is 0 Å². The average molecular weight is 406 g/mol. The van der Waals surface area contributed by atoms with E-state index in [2.05, 4.69) is 15.3 Å². The summed E-state index contributed by atoms with van der Waals surface area (Å²) in [7, 11) is 2.94. The van der Waals surface area contributed by atoms with Crippen molar-refractivity contribution in [3.63, 3.8) is 0 Å². The number of ether oxygens (including phenoxy) is 2. The van der Waals surface area contributed by atoms with Crippen molar-refractivity contribution in [3.8, 4) is 5.75 Å². The normalized spacial score (nSPS) is 15.3. The molecule has 1 aliphatic rings. The zero-order valence-electron chi connectivity index (χ0n) is 16.7. The first-order valence-corrected chi connectivity index (χ1v) is 9.53. The lowest BCUT2D eigenvalue weighted by molar-refractivity contribution is 0.0600. The molecule has 0 spiro atoms. The summed E-state index contributed by atoms with van der Waals surface area (Å²) in [6.45, 7) is 0.518. The fraction of sp³-hybridized carbons (Fsp3) is 0.227. The van der Waals surface area contributed by atoms with Crippen molar-refractivity contribution in [1.29, 1.82) is 0 Å². The third-order valence-corrected chi connectivity index (χ3v) is 5.18. The second-order valence-electron chi connectivity index (χ2n) is 6.85. The summed E-state index contributed by atoms with van der Waals surface area (Å²) >= 11 is 0. The average Bonchev–Trinajstić information content (AvgIpc) is 3.27. The highest BCUT2D eigenvalue weighted by Gasteiger charge is 2.35. The number of para-hydroxylation sites is 1. The van der Waals surface area contributed by atoms with Gasteiger partial charge in [0.05, 0.1) is 31.8 Å². The maximum Gasteiger partial charge on any atom is 0.337 e. The number of benzene rings is 2. The molecular formula is C22H22N4O4. The summed E-state index contributed by atoms with van der Waals surface area (Å²) < 4.78 is 10.2. The molecule has 2 aromatic carbocycles. The number of urea groups is 1. The molecule has 2 amide bonds. The minimum Gasteiger partial charge on any atom is -0.496 e. The number of fused-ring (bicyclic) bond motifs is 1. The van der Waals surface area contributed by atoms with Crippen molar-refractivity contribution in [2.45, 2.75) is 12.5 Å². The van der Waals surface area contributed by atoms with E-state index in [-0.39, 0.29) is 12.1 Å². The number of aromatic nitrogens is 2. The van der Waals surface area contributed by atoms with Crippen molar-refractivity contribution in [1.82, 2.24) is 14.9 Å². The van der Waals surface area contributed by atoms with Crippen LogP contribution >= 0.6 is 0 Å². The molecule has 3 aromatic rings. The summed E-state index contributed by atoms with van der Waals surface area (Å²) in [5.41, 5.74) is 3.68. The number of nitrogens with zero attached hydrogens (tertiary/aromatic N) is 2. The number of nitrogens with one attached hydrogen (secondary N) is 2. The molecule has 0 bridgehead atoms. The van der Waals surface area contributed by atoms with E-state index in [0.29, 0.717) is 30.0 Å². The van der Waals surface area contributed by atoms with E-state index in [1.807, 2.05) is 24.3 Å². The summed E-state index contributed by atoms with van der Waals surface area (Å²) in [5, 5.41) is 2.91. The van der Waals surface area contributed by atoms with Crippen LogP contribution in [0.1, 0.15) is 33.4 Å². The predicted octanol–water partition coefficient (Wildman–Crippen LogP) is 3.38. The Labute approximate surface area is 173 Å². The topological polar surface area (TPSA) is 96.6 Å². The Balaban J connectivity index is 1.63. The van der Waals surface area contributed by atoms with Gasteiger partial charge in [0, 0.05) is 29.9 Å². The van der Waals surface area contributed by atoms with E-state index in [1.165, 1.54) is 7.11 Å². The summed E-state index contributed by atoms with van der Waals surface area (Å²) in [6, 6.07) is 13.6. The Bertz CT molecular complexity index is 1060. The lowest BCUT2D eigenvalue weighted by atomic mass is 9.95. The molecule has 4 rings (SSSR count). The first-order valence-electron chi connectivity index (χ1n) is 9.53. The number of amides is 2. The minimum absolute atomic E-state index is 0.259. The molecule has 1 atom stereocenters. The van der Waals surface area contributed by atoms with E-state index < -0.39 is 5.97 Å². The fourth-order valence-electron chi connectivity index (χ4n) is 3.71. The van der Waals surface area contributed by atoms with Crippen LogP contribution in [0.5, 0.6) is 5.75 Å². The molecule has 8 heteroatoms. The van der Waals surface area contributed by atoms with Crippen molar-refractivity contribution in [3.05, 3.63) is 77.4 Å². The number of hydrogen-bond donors (Lipinski definition) is 2. The van der Waals surface area contributed by atoms with Crippen LogP contribution in [0.3, 0.4) is 0 Å². The fourth-order valence-corrected chi connectivity index (χ4v) is 3.71. The number of aromatic amines is 1. The number of anilines is 1. The number of carbonyl (C=O) groups is 2. The standard InChI is InChI=1S/C22H22N4O4/c1-29-18-6-4-3-5-16(18)20-19-17(23-13-24-19)11-12-26(20)22(28)25-15-9-7-14(8-10-15)21(27)30-2/h3-10,13,20H,11-12H2,1-2H3,(H,23,24)(H,25,28)/t20-/m1/s1. The van der Waals surface area contributed by atoms with Crippen LogP contribution in [0.2, 0.25) is 0 Å². The lowest BCUT2D eigenvalue weighted by Crippen LogP contribution is -2.43. The monoisotopic (exact) mass is 406 g/mol. The van der Waals surface area contributed by atoms with E-state index >= 15 is 0 Å². The van der Waals surface area contributed by atoms with Crippen molar-refractivity contribution in [2.75, 3.05) is 26.1 Å². The third-order valence-electron chi connectivity index (χ3n) is 5.18. The second-order valence-corrected chi connectivity index (χ2v) is 6.85. The molecule has 2 N–H and O–H groups in total. The van der Waals surface area contributed by atoms with Crippen LogP contribution in [-0.4, -0.2) is 47.6 Å². The molecule has 0 unspecified atom stereocenters. The molecule has 0 saturated carbocycles. The van der Waals surface area contributed by atoms with Crippen LogP contribution in [0.15, 0.2) is 54.9 Å². The number of esters is 1. The Morgan fingerprint density at radius 1 is 1.13 bits per heavy atom. The maximum absolute atomic E-state index is 13.2. The molecule has 1 aliphatic heterocycles. The Morgan fingerprint density at radius 2 is 1.90 bits per heavy atom. The molecule has 2 heterocycles. The molecule has 0 saturated heterocycles. The zero-order valence-corrected chi connectivity index (χ0v) is 16.7. The number of hydrogen-bond acceptors (Lipinski definition) is 5. The molecule has 0 fully saturated rings. The quantitative estimate of drug-likeness (QED) is 0.648. The van der Waals surface area contributed by atoms with Gasteiger partial charge in [0.25, 0.3) is 0 Å². The maximum atomic E-state index is 13.2. The van der Waals surface area contributed by atoms with Crippen LogP contribution in [0, 0.1) is 0 Å². The molecule has 8 nitrogen and oxygen atoms in total. The van der Waals surface area contributed by atoms with Gasteiger partial charge in [-0.1, -0.05) is 18.2 Å². The van der Waals surface area contributed by atoms with E-state index in [0.717, 1.165) is 17.0 Å². The summed E-state index contributed by atoms with van der Waals surface area (Å²) in [5.74, 6) is 0.268. The van der Waals surface area contributed by atoms with Gasteiger partial charge in [0.2, 0.25) is 0 Å². The van der Waals surface area contributed by atoms with Crippen LogP contribution in [0.25, 0.3) is 0 Å². The summed E-state index contributed by atoms with van der Waals surface area (Å²) in [4.78, 5) is 34.2. The molecular weight excluding hydrogens is 384 g/mol. The van der Waals surface area contributed by atoms with Crippen LogP contribution in [0.4, 0.5) is 10.5 Å². The number of methoxy groups -OCH3 is 2. The van der Waals surface area contributed by atoms with Gasteiger partial charge < -0.3 is 24.7 Å². The molecule has 0 radical (unpaired) electrons. The van der Waals surface area contributed by atoms with E-state index in [4.69, 9.17) is 9.47 Å². The zero-order chi connectivity index (χ0) is 21.1. The van der Waals surface area contributed by atoms with Gasteiger partial charge in [-0.05, 0) is 30.3 Å². The largest absolute Gasteiger partial charge is 0.496 e. The molecule has 154 valence electrons. The van der Waals surface area contributed by atoms with Crippen molar-refractivity contribution < 1.29 is 19.1 Å². The Kier molecular flexibility index (Phi) is 5.38. The molecule has 1 aromatic heterocycles. The van der Waals surface area contributed by atoms with E-state index in [9.17, 15) is 9.59 Å².